The lowest BCUT2D eigenvalue weighted by atomic mass is 10.1. The number of quaternary nitrogens is 1. The Kier molecular flexibility index (Phi) is 5.22. The number of carbonyl (C=O) groups is 1. The highest BCUT2D eigenvalue weighted by molar-refractivity contribution is 7.85. The van der Waals surface area contributed by atoms with Gasteiger partial charge in [-0.25, -0.2) is 4.55 Å². The van der Waals surface area contributed by atoms with Crippen molar-refractivity contribution in [3.05, 3.63) is 58.1 Å². The van der Waals surface area contributed by atoms with Gasteiger partial charge < -0.3 is 5.32 Å². The largest absolute Gasteiger partial charge is 0.437 e. The van der Waals surface area contributed by atoms with Crippen LogP contribution in [0.1, 0.15) is 10.4 Å². The Balaban J connectivity index is 2.29. The van der Waals surface area contributed by atoms with Crippen LogP contribution >= 0.6 is 23.2 Å². The Bertz CT molecular complexity index is 881. The SMILES string of the molecule is C[N+](C)(c1ccc(C(=O)Nc2ccc(Cl)cc2)cc1Cl)S(=O)(=O)O. The van der Waals surface area contributed by atoms with Crippen LogP contribution in [0.25, 0.3) is 0 Å². The van der Waals surface area contributed by atoms with Crippen molar-refractivity contribution in [2.75, 3.05) is 19.4 Å². The van der Waals surface area contributed by atoms with E-state index in [9.17, 15) is 17.8 Å². The molecule has 128 valence electrons. The molecule has 0 aliphatic carbocycles. The third kappa shape index (κ3) is 3.88. The second-order valence-electron chi connectivity index (χ2n) is 5.43. The lowest BCUT2D eigenvalue weighted by Crippen LogP contribution is -2.46. The molecule has 0 aromatic heterocycles. The molecule has 1 amide bonds. The van der Waals surface area contributed by atoms with Gasteiger partial charge in [0, 0.05) is 22.3 Å². The summed E-state index contributed by atoms with van der Waals surface area (Å²) in [5.74, 6) is -0.414. The fraction of sp³-hybridized carbons (Fsp3) is 0.133. The summed E-state index contributed by atoms with van der Waals surface area (Å²) in [4.78, 5) is 12.2. The number of hydrogen-bond acceptors (Lipinski definition) is 3. The normalized spacial score (nSPS) is 12.0. The third-order valence-electron chi connectivity index (χ3n) is 3.47. The molecule has 9 heteroatoms. The molecule has 0 aliphatic rings. The van der Waals surface area contributed by atoms with Crippen LogP contribution in [0.4, 0.5) is 11.4 Å². The third-order valence-corrected chi connectivity index (χ3v) is 5.37. The van der Waals surface area contributed by atoms with E-state index in [0.29, 0.717) is 10.7 Å². The van der Waals surface area contributed by atoms with Crippen molar-refractivity contribution in [3.63, 3.8) is 0 Å². The topological polar surface area (TPSA) is 83.5 Å². The van der Waals surface area contributed by atoms with Crippen molar-refractivity contribution < 1.29 is 17.8 Å². The van der Waals surface area contributed by atoms with Crippen LogP contribution in [0.3, 0.4) is 0 Å². The summed E-state index contributed by atoms with van der Waals surface area (Å²) in [6, 6.07) is 10.7. The van der Waals surface area contributed by atoms with Crippen molar-refractivity contribution in [3.8, 4) is 0 Å². The number of anilines is 1. The van der Waals surface area contributed by atoms with E-state index in [1.54, 1.807) is 24.3 Å². The highest BCUT2D eigenvalue weighted by atomic mass is 35.5. The zero-order valence-corrected chi connectivity index (χ0v) is 15.2. The van der Waals surface area contributed by atoms with Gasteiger partial charge in [0.1, 0.15) is 5.02 Å². The van der Waals surface area contributed by atoms with Gasteiger partial charge in [0.15, 0.2) is 5.69 Å². The minimum Gasteiger partial charge on any atom is -0.322 e. The van der Waals surface area contributed by atoms with Gasteiger partial charge in [-0.2, -0.15) is 3.89 Å². The van der Waals surface area contributed by atoms with Crippen LogP contribution in [0, 0.1) is 0 Å². The van der Waals surface area contributed by atoms with Crippen molar-refractivity contribution in [2.45, 2.75) is 0 Å². The molecule has 0 fully saturated rings. The molecule has 2 rings (SSSR count). The summed E-state index contributed by atoms with van der Waals surface area (Å²) in [7, 11) is -1.89. The van der Waals surface area contributed by atoms with Crippen LogP contribution in [-0.4, -0.2) is 33.0 Å². The second-order valence-corrected chi connectivity index (χ2v) is 8.08. The first-order valence-electron chi connectivity index (χ1n) is 6.71. The Morgan fingerprint density at radius 2 is 1.67 bits per heavy atom. The number of benzene rings is 2. The lowest BCUT2D eigenvalue weighted by molar-refractivity contribution is 0.102. The molecule has 0 aliphatic heterocycles. The van der Waals surface area contributed by atoms with Gasteiger partial charge >= 0.3 is 10.3 Å². The summed E-state index contributed by atoms with van der Waals surface area (Å²) < 4.78 is 31.4. The summed E-state index contributed by atoms with van der Waals surface area (Å²) in [5.41, 5.74) is 0.940. The number of nitrogens with zero attached hydrogens (tertiary/aromatic N) is 1. The second kappa shape index (κ2) is 6.70. The maximum absolute atomic E-state index is 12.2. The van der Waals surface area contributed by atoms with Crippen LogP contribution < -0.4 is 9.21 Å². The fourth-order valence-electron chi connectivity index (χ4n) is 1.95. The summed E-state index contributed by atoms with van der Waals surface area (Å²) in [5, 5.41) is 3.26. The van der Waals surface area contributed by atoms with Gasteiger partial charge in [-0.3, -0.25) is 4.79 Å². The van der Waals surface area contributed by atoms with Gasteiger partial charge in [0.2, 0.25) is 0 Å². The zero-order valence-electron chi connectivity index (χ0n) is 12.8. The first-order chi connectivity index (χ1) is 11.0. The molecule has 0 atom stereocenters. The van der Waals surface area contributed by atoms with E-state index < -0.39 is 20.1 Å². The lowest BCUT2D eigenvalue weighted by Gasteiger charge is -2.25. The van der Waals surface area contributed by atoms with Gasteiger partial charge in [0.25, 0.3) is 5.91 Å². The molecular formula is C15H15Cl2N2O4S+. The zero-order chi connectivity index (χ0) is 18.1. The summed E-state index contributed by atoms with van der Waals surface area (Å²) in [6.07, 6.45) is 0. The molecule has 0 saturated heterocycles. The van der Waals surface area contributed by atoms with Crippen molar-refractivity contribution in [1.82, 2.24) is 3.89 Å². The maximum atomic E-state index is 12.2. The number of halogens is 2. The van der Waals surface area contributed by atoms with Crippen molar-refractivity contribution in [1.29, 1.82) is 0 Å². The van der Waals surface area contributed by atoms with E-state index in [1.165, 1.54) is 32.3 Å². The van der Waals surface area contributed by atoms with E-state index in [2.05, 4.69) is 5.32 Å². The smallest absolute Gasteiger partial charge is 0.322 e. The molecule has 0 saturated carbocycles. The van der Waals surface area contributed by atoms with Crippen LogP contribution in [0.2, 0.25) is 10.0 Å². The van der Waals surface area contributed by atoms with E-state index in [-0.39, 0.29) is 16.3 Å². The monoisotopic (exact) mass is 389 g/mol. The molecule has 0 bridgehead atoms. The summed E-state index contributed by atoms with van der Waals surface area (Å²) >= 11 is 11.9. The highest BCUT2D eigenvalue weighted by Gasteiger charge is 2.36. The van der Waals surface area contributed by atoms with E-state index in [4.69, 9.17) is 23.2 Å². The molecule has 0 heterocycles. The quantitative estimate of drug-likeness (QED) is 0.617. The van der Waals surface area contributed by atoms with E-state index in [0.717, 1.165) is 0 Å². The average Bonchev–Trinajstić information content (AvgIpc) is 2.48. The summed E-state index contributed by atoms with van der Waals surface area (Å²) in [6.45, 7) is 0. The van der Waals surface area contributed by atoms with E-state index in [1.807, 2.05) is 0 Å². The Morgan fingerprint density at radius 1 is 1.08 bits per heavy atom. The van der Waals surface area contributed by atoms with Crippen LogP contribution in [-0.2, 0) is 10.3 Å². The molecule has 2 aromatic carbocycles. The Labute approximate surface area is 150 Å². The van der Waals surface area contributed by atoms with E-state index >= 15 is 0 Å². The minimum absolute atomic E-state index is 0.0429. The standard InChI is InChI=1S/C15H14Cl2N2O4S/c1-19(2,24(21,22)23)14-8-3-10(9-13(14)17)15(20)18-12-6-4-11(16)5-7-12/h3-9H,1-2H3,(H-,18,20,21,22,23)/p+1. The molecule has 2 aromatic rings. The molecule has 0 radical (unpaired) electrons. The van der Waals surface area contributed by atoms with Crippen molar-refractivity contribution >= 4 is 50.8 Å². The molecule has 0 unspecified atom stereocenters. The highest BCUT2D eigenvalue weighted by Crippen LogP contribution is 2.32. The van der Waals surface area contributed by atoms with Gasteiger partial charge in [-0.1, -0.05) is 23.2 Å². The van der Waals surface area contributed by atoms with Gasteiger partial charge in [-0.15, -0.1) is 8.42 Å². The minimum atomic E-state index is -4.42. The number of amides is 1. The molecule has 6 nitrogen and oxygen atoms in total. The number of hydrogen-bond donors (Lipinski definition) is 2. The van der Waals surface area contributed by atoms with Crippen molar-refractivity contribution in [2.24, 2.45) is 0 Å². The first-order valence-corrected chi connectivity index (χ1v) is 8.86. The molecule has 0 spiro atoms. The van der Waals surface area contributed by atoms with Gasteiger partial charge in [-0.05, 0) is 36.4 Å². The number of carbonyl (C=O) groups excluding carboxylic acids is 1. The van der Waals surface area contributed by atoms with Crippen LogP contribution in [0.5, 0.6) is 0 Å². The van der Waals surface area contributed by atoms with Crippen LogP contribution in [0.15, 0.2) is 42.5 Å². The Hall–Kier alpha value is -1.64. The first kappa shape index (κ1) is 18.7. The Morgan fingerprint density at radius 3 is 2.17 bits per heavy atom. The predicted octanol–water partition coefficient (Wildman–Crippen LogP) is 3.62. The predicted molar refractivity (Wildman–Crippen MR) is 96.0 cm³/mol. The van der Waals surface area contributed by atoms with Gasteiger partial charge in [0.05, 0.1) is 14.1 Å². The molecule has 24 heavy (non-hydrogen) atoms. The molecular weight excluding hydrogens is 375 g/mol. The maximum Gasteiger partial charge on any atom is 0.437 e. The average molecular weight is 390 g/mol. The molecule has 2 N–H and O–H groups in total. The number of rotatable bonds is 4. The number of nitrogens with one attached hydrogen (secondary N) is 1. The fourth-order valence-corrected chi connectivity index (χ4v) is 2.92.